The monoisotopic (exact) mass is 344 g/mol. The maximum Gasteiger partial charge on any atom is 0.260 e. The first-order valence-electron chi connectivity index (χ1n) is 6.62. The van der Waals surface area contributed by atoms with Crippen molar-refractivity contribution in [2.24, 2.45) is 11.7 Å². The van der Waals surface area contributed by atoms with Crippen LogP contribution in [0.4, 0.5) is 4.39 Å². The maximum absolute atomic E-state index is 13.0. The topological polar surface area (TPSA) is 64.3 Å². The molecule has 1 fully saturated rings. The predicted molar refractivity (Wildman–Crippen MR) is 77.9 cm³/mol. The summed E-state index contributed by atoms with van der Waals surface area (Å²) in [7, 11) is 0. The molecule has 0 saturated heterocycles. The van der Waals surface area contributed by atoms with E-state index in [0.29, 0.717) is 22.7 Å². The zero-order valence-corrected chi connectivity index (χ0v) is 12.8. The van der Waals surface area contributed by atoms with Crippen LogP contribution in [-0.4, -0.2) is 24.6 Å². The van der Waals surface area contributed by atoms with E-state index in [1.165, 1.54) is 18.2 Å². The number of ether oxygens (including phenoxy) is 1. The van der Waals surface area contributed by atoms with Gasteiger partial charge in [0.05, 0.1) is 4.47 Å². The average molecular weight is 345 g/mol. The molecule has 1 saturated carbocycles. The molecule has 0 bridgehead atoms. The minimum atomic E-state index is -0.664. The largest absolute Gasteiger partial charge is 0.480 e. The van der Waals surface area contributed by atoms with Gasteiger partial charge in [-0.25, -0.2) is 4.39 Å². The molecule has 1 aromatic carbocycles. The molecule has 0 aliphatic heterocycles. The van der Waals surface area contributed by atoms with E-state index in [4.69, 9.17) is 10.5 Å². The van der Waals surface area contributed by atoms with Gasteiger partial charge in [0.1, 0.15) is 11.6 Å². The van der Waals surface area contributed by atoms with Crippen LogP contribution in [0.15, 0.2) is 22.7 Å². The molecule has 2 atom stereocenters. The van der Waals surface area contributed by atoms with Crippen molar-refractivity contribution in [1.82, 2.24) is 5.32 Å². The first kappa shape index (κ1) is 15.3. The first-order chi connectivity index (χ1) is 9.47. The molecule has 6 heteroatoms. The lowest BCUT2D eigenvalue weighted by molar-refractivity contribution is -0.127. The lowest BCUT2D eigenvalue weighted by Gasteiger charge is -2.17. The van der Waals surface area contributed by atoms with Crippen LogP contribution in [0.25, 0.3) is 0 Å². The van der Waals surface area contributed by atoms with Crippen molar-refractivity contribution in [2.75, 3.05) is 6.54 Å². The van der Waals surface area contributed by atoms with Crippen molar-refractivity contribution < 1.29 is 13.9 Å². The second-order valence-corrected chi connectivity index (χ2v) is 5.94. The fourth-order valence-corrected chi connectivity index (χ4v) is 2.31. The standard InChI is InChI=1S/C14H18BrFN2O2/c1-8(14(19)18-7-12(17)9-2-3-9)20-13-5-4-10(16)6-11(13)15/h4-6,8-9,12H,2-3,7,17H2,1H3,(H,18,19). The van der Waals surface area contributed by atoms with Crippen molar-refractivity contribution in [1.29, 1.82) is 0 Å². The van der Waals surface area contributed by atoms with Crippen LogP contribution in [-0.2, 0) is 4.79 Å². The average Bonchev–Trinajstić information content (AvgIpc) is 3.23. The highest BCUT2D eigenvalue weighted by Crippen LogP contribution is 2.31. The lowest BCUT2D eigenvalue weighted by Crippen LogP contribution is -2.43. The van der Waals surface area contributed by atoms with E-state index in [1.807, 2.05) is 0 Å². The maximum atomic E-state index is 13.0. The third-order valence-corrected chi connectivity index (χ3v) is 3.93. The van der Waals surface area contributed by atoms with E-state index in [-0.39, 0.29) is 17.8 Å². The van der Waals surface area contributed by atoms with E-state index in [1.54, 1.807) is 6.92 Å². The van der Waals surface area contributed by atoms with Crippen molar-refractivity contribution in [3.63, 3.8) is 0 Å². The number of benzene rings is 1. The molecule has 3 N–H and O–H groups in total. The Bertz CT molecular complexity index is 494. The highest BCUT2D eigenvalue weighted by Gasteiger charge is 2.29. The molecule has 2 unspecified atom stereocenters. The van der Waals surface area contributed by atoms with E-state index < -0.39 is 6.10 Å². The number of nitrogens with two attached hydrogens (primary N) is 1. The van der Waals surface area contributed by atoms with Crippen molar-refractivity contribution in [3.05, 3.63) is 28.5 Å². The smallest absolute Gasteiger partial charge is 0.260 e. The number of carbonyl (C=O) groups excluding carboxylic acids is 1. The number of carbonyl (C=O) groups is 1. The SMILES string of the molecule is CC(Oc1ccc(F)cc1Br)C(=O)NCC(N)C1CC1. The molecule has 0 heterocycles. The van der Waals surface area contributed by atoms with Crippen LogP contribution in [0.5, 0.6) is 5.75 Å². The molecule has 0 aromatic heterocycles. The summed E-state index contributed by atoms with van der Waals surface area (Å²) >= 11 is 3.20. The van der Waals surface area contributed by atoms with E-state index >= 15 is 0 Å². The van der Waals surface area contributed by atoms with Crippen LogP contribution >= 0.6 is 15.9 Å². The summed E-state index contributed by atoms with van der Waals surface area (Å²) in [6.45, 7) is 2.11. The Balaban J connectivity index is 1.83. The van der Waals surface area contributed by atoms with Crippen LogP contribution in [0.1, 0.15) is 19.8 Å². The molecule has 4 nitrogen and oxygen atoms in total. The zero-order chi connectivity index (χ0) is 14.7. The molecule has 1 amide bonds. The molecule has 0 spiro atoms. The summed E-state index contributed by atoms with van der Waals surface area (Å²) in [5, 5.41) is 2.78. The van der Waals surface area contributed by atoms with Gasteiger partial charge in [-0.15, -0.1) is 0 Å². The molecular weight excluding hydrogens is 327 g/mol. The van der Waals surface area contributed by atoms with Crippen LogP contribution < -0.4 is 15.8 Å². The number of halogens is 2. The summed E-state index contributed by atoms with van der Waals surface area (Å²) in [5.74, 6) is 0.382. The summed E-state index contributed by atoms with van der Waals surface area (Å²) in [6, 6.07) is 4.08. The second-order valence-electron chi connectivity index (χ2n) is 5.08. The van der Waals surface area contributed by atoms with Crippen LogP contribution in [0.3, 0.4) is 0 Å². The Morgan fingerprint density at radius 1 is 1.60 bits per heavy atom. The highest BCUT2D eigenvalue weighted by atomic mass is 79.9. The van der Waals surface area contributed by atoms with E-state index in [9.17, 15) is 9.18 Å². The van der Waals surface area contributed by atoms with Gasteiger partial charge in [-0.2, -0.15) is 0 Å². The van der Waals surface area contributed by atoms with Crippen LogP contribution in [0.2, 0.25) is 0 Å². The molecule has 1 aromatic rings. The fourth-order valence-electron chi connectivity index (χ4n) is 1.87. The van der Waals surface area contributed by atoms with Gasteiger partial charge in [0.2, 0.25) is 0 Å². The number of nitrogens with one attached hydrogen (secondary N) is 1. The number of rotatable bonds is 6. The Morgan fingerprint density at radius 3 is 2.90 bits per heavy atom. The summed E-state index contributed by atoms with van der Waals surface area (Å²) in [5.41, 5.74) is 5.92. The van der Waals surface area contributed by atoms with E-state index in [0.717, 1.165) is 12.8 Å². The molecule has 110 valence electrons. The fraction of sp³-hybridized carbons (Fsp3) is 0.500. The van der Waals surface area contributed by atoms with Gasteiger partial charge in [-0.05, 0) is 59.8 Å². The van der Waals surface area contributed by atoms with Gasteiger partial charge in [0.25, 0.3) is 5.91 Å². The Labute approximate surface area is 126 Å². The Kier molecular flexibility index (Phi) is 4.99. The van der Waals surface area contributed by atoms with Gasteiger partial charge >= 0.3 is 0 Å². The summed E-state index contributed by atoms with van der Waals surface area (Å²) in [6.07, 6.45) is 1.63. The van der Waals surface area contributed by atoms with Gasteiger partial charge in [-0.3, -0.25) is 4.79 Å². The Morgan fingerprint density at radius 2 is 2.30 bits per heavy atom. The van der Waals surface area contributed by atoms with Gasteiger partial charge in [0.15, 0.2) is 6.10 Å². The van der Waals surface area contributed by atoms with Gasteiger partial charge < -0.3 is 15.8 Å². The molecule has 1 aliphatic carbocycles. The summed E-state index contributed by atoms with van der Waals surface area (Å²) < 4.78 is 18.9. The van der Waals surface area contributed by atoms with Gasteiger partial charge in [-0.1, -0.05) is 0 Å². The molecular formula is C14H18BrFN2O2. The highest BCUT2D eigenvalue weighted by molar-refractivity contribution is 9.10. The van der Waals surface area contributed by atoms with Crippen molar-refractivity contribution >= 4 is 21.8 Å². The minimum Gasteiger partial charge on any atom is -0.480 e. The molecule has 1 aliphatic rings. The predicted octanol–water partition coefficient (Wildman–Crippen LogP) is 2.21. The zero-order valence-electron chi connectivity index (χ0n) is 11.2. The number of amides is 1. The third kappa shape index (κ3) is 4.18. The van der Waals surface area contributed by atoms with Crippen molar-refractivity contribution in [3.8, 4) is 5.75 Å². The normalized spacial score (nSPS) is 17.4. The summed E-state index contributed by atoms with van der Waals surface area (Å²) in [4.78, 5) is 11.9. The number of hydrogen-bond donors (Lipinski definition) is 2. The quantitative estimate of drug-likeness (QED) is 0.831. The lowest BCUT2D eigenvalue weighted by atomic mass is 10.2. The first-order valence-corrected chi connectivity index (χ1v) is 7.41. The minimum absolute atomic E-state index is 0.0173. The Hall–Kier alpha value is -1.14. The van der Waals surface area contributed by atoms with Crippen molar-refractivity contribution in [2.45, 2.75) is 31.9 Å². The molecule has 2 rings (SSSR count). The second kappa shape index (κ2) is 6.54. The molecule has 20 heavy (non-hydrogen) atoms. The van der Waals surface area contributed by atoms with Gasteiger partial charge in [0, 0.05) is 12.6 Å². The van der Waals surface area contributed by atoms with Crippen LogP contribution in [0, 0.1) is 11.7 Å². The molecule has 0 radical (unpaired) electrons. The number of hydrogen-bond acceptors (Lipinski definition) is 3. The van der Waals surface area contributed by atoms with E-state index in [2.05, 4.69) is 21.2 Å². The third-order valence-electron chi connectivity index (χ3n) is 3.31.